The smallest absolute Gasteiger partial charge is 0.274 e. The van der Waals surface area contributed by atoms with Crippen molar-refractivity contribution in [2.24, 2.45) is 0 Å². The molecular formula is C10H12BrN3O3. The lowest BCUT2D eigenvalue weighted by Crippen LogP contribution is -2.36. The average molecular weight is 302 g/mol. The number of pyridine rings is 1. The van der Waals surface area contributed by atoms with Gasteiger partial charge in [-0.2, -0.15) is 0 Å². The number of rotatable bonds is 3. The Morgan fingerprint density at radius 1 is 1.47 bits per heavy atom. The van der Waals surface area contributed by atoms with Crippen molar-refractivity contribution in [1.82, 2.24) is 4.98 Å². The van der Waals surface area contributed by atoms with Crippen LogP contribution in [0.4, 0.5) is 11.5 Å². The van der Waals surface area contributed by atoms with Crippen molar-refractivity contribution in [2.45, 2.75) is 5.33 Å². The molecule has 0 saturated carbocycles. The van der Waals surface area contributed by atoms with Crippen LogP contribution < -0.4 is 4.90 Å². The largest absolute Gasteiger partial charge is 0.378 e. The molecule has 1 aliphatic heterocycles. The molecular weight excluding hydrogens is 290 g/mol. The maximum absolute atomic E-state index is 10.8. The summed E-state index contributed by atoms with van der Waals surface area (Å²) >= 11 is 3.27. The van der Waals surface area contributed by atoms with Crippen molar-refractivity contribution < 1.29 is 9.66 Å². The molecule has 2 rings (SSSR count). The van der Waals surface area contributed by atoms with Crippen LogP contribution in [0.25, 0.3) is 0 Å². The predicted octanol–water partition coefficient (Wildman–Crippen LogP) is 1.72. The van der Waals surface area contributed by atoms with Crippen molar-refractivity contribution in [3.05, 3.63) is 27.9 Å². The molecule has 0 unspecified atom stereocenters. The highest BCUT2D eigenvalue weighted by molar-refractivity contribution is 9.08. The lowest BCUT2D eigenvalue weighted by Gasteiger charge is -2.27. The van der Waals surface area contributed by atoms with E-state index >= 15 is 0 Å². The fraction of sp³-hybridized carbons (Fsp3) is 0.500. The van der Waals surface area contributed by atoms with Gasteiger partial charge < -0.3 is 9.64 Å². The Balaban J connectivity index is 2.31. The standard InChI is InChI=1S/C10H12BrN3O3/c11-7-8-5-9(14(15)16)6-10(12-8)13-1-3-17-4-2-13/h5-6H,1-4,7H2. The Kier molecular flexibility index (Phi) is 3.90. The van der Waals surface area contributed by atoms with Crippen molar-refractivity contribution in [2.75, 3.05) is 31.2 Å². The van der Waals surface area contributed by atoms with E-state index in [1.807, 2.05) is 4.90 Å². The molecule has 0 spiro atoms. The molecule has 2 heterocycles. The zero-order valence-electron chi connectivity index (χ0n) is 9.13. The lowest BCUT2D eigenvalue weighted by molar-refractivity contribution is -0.384. The first-order valence-electron chi connectivity index (χ1n) is 5.24. The van der Waals surface area contributed by atoms with Crippen LogP contribution in [-0.4, -0.2) is 36.2 Å². The van der Waals surface area contributed by atoms with Gasteiger partial charge in [-0.05, 0) is 0 Å². The Labute approximate surface area is 107 Å². The first-order chi connectivity index (χ1) is 8.20. The summed E-state index contributed by atoms with van der Waals surface area (Å²) in [6.07, 6.45) is 0. The second-order valence-corrected chi connectivity index (χ2v) is 4.23. The molecule has 17 heavy (non-hydrogen) atoms. The van der Waals surface area contributed by atoms with E-state index in [1.54, 1.807) is 0 Å². The summed E-state index contributed by atoms with van der Waals surface area (Å²) < 4.78 is 5.24. The quantitative estimate of drug-likeness (QED) is 0.483. The van der Waals surface area contributed by atoms with E-state index in [0.717, 1.165) is 13.1 Å². The molecule has 0 N–H and O–H groups in total. The summed E-state index contributed by atoms with van der Waals surface area (Å²) in [5.74, 6) is 0.650. The fourth-order valence-corrected chi connectivity index (χ4v) is 1.97. The Hall–Kier alpha value is -1.21. The zero-order valence-corrected chi connectivity index (χ0v) is 10.7. The van der Waals surface area contributed by atoms with Crippen LogP contribution in [0, 0.1) is 10.1 Å². The zero-order chi connectivity index (χ0) is 12.3. The van der Waals surface area contributed by atoms with Gasteiger partial charge in [-0.25, -0.2) is 4.98 Å². The second kappa shape index (κ2) is 5.42. The molecule has 0 aliphatic carbocycles. The van der Waals surface area contributed by atoms with Crippen LogP contribution in [-0.2, 0) is 10.1 Å². The number of nitro groups is 1. The Morgan fingerprint density at radius 2 is 2.18 bits per heavy atom. The molecule has 0 radical (unpaired) electrons. The minimum Gasteiger partial charge on any atom is -0.378 e. The molecule has 0 bridgehead atoms. The number of hydrogen-bond donors (Lipinski definition) is 0. The maximum Gasteiger partial charge on any atom is 0.274 e. The predicted molar refractivity (Wildman–Crippen MR) is 66.6 cm³/mol. The molecule has 7 heteroatoms. The van der Waals surface area contributed by atoms with Gasteiger partial charge in [-0.1, -0.05) is 15.9 Å². The first kappa shape index (κ1) is 12.3. The van der Waals surface area contributed by atoms with Gasteiger partial charge in [0.2, 0.25) is 0 Å². The number of alkyl halides is 1. The SMILES string of the molecule is O=[N+]([O-])c1cc(CBr)nc(N2CCOCC2)c1. The van der Waals surface area contributed by atoms with E-state index in [1.165, 1.54) is 12.1 Å². The van der Waals surface area contributed by atoms with E-state index in [0.29, 0.717) is 30.1 Å². The normalized spacial score (nSPS) is 15.9. The van der Waals surface area contributed by atoms with Crippen LogP contribution >= 0.6 is 15.9 Å². The van der Waals surface area contributed by atoms with Gasteiger partial charge in [0.05, 0.1) is 29.9 Å². The van der Waals surface area contributed by atoms with Gasteiger partial charge in [0, 0.05) is 24.5 Å². The van der Waals surface area contributed by atoms with E-state index in [-0.39, 0.29) is 5.69 Å². The van der Waals surface area contributed by atoms with Crippen LogP contribution in [0.2, 0.25) is 0 Å². The molecule has 1 aromatic heterocycles. The van der Waals surface area contributed by atoms with Crippen LogP contribution in [0.3, 0.4) is 0 Å². The van der Waals surface area contributed by atoms with Gasteiger partial charge in [-0.3, -0.25) is 10.1 Å². The number of morpholine rings is 1. The summed E-state index contributed by atoms with van der Waals surface area (Å²) in [6.45, 7) is 2.70. The van der Waals surface area contributed by atoms with Crippen molar-refractivity contribution >= 4 is 27.4 Å². The van der Waals surface area contributed by atoms with Crippen LogP contribution in [0.15, 0.2) is 12.1 Å². The number of nitrogens with zero attached hydrogens (tertiary/aromatic N) is 3. The van der Waals surface area contributed by atoms with Crippen molar-refractivity contribution in [1.29, 1.82) is 0 Å². The van der Waals surface area contributed by atoms with E-state index in [2.05, 4.69) is 20.9 Å². The van der Waals surface area contributed by atoms with Crippen molar-refractivity contribution in [3.8, 4) is 0 Å². The maximum atomic E-state index is 10.8. The molecule has 6 nitrogen and oxygen atoms in total. The third-order valence-corrected chi connectivity index (χ3v) is 3.11. The van der Waals surface area contributed by atoms with E-state index < -0.39 is 4.92 Å². The van der Waals surface area contributed by atoms with Gasteiger partial charge >= 0.3 is 0 Å². The number of aromatic nitrogens is 1. The molecule has 0 atom stereocenters. The second-order valence-electron chi connectivity index (χ2n) is 3.67. The fourth-order valence-electron chi connectivity index (χ4n) is 1.68. The van der Waals surface area contributed by atoms with E-state index in [4.69, 9.17) is 4.74 Å². The first-order valence-corrected chi connectivity index (χ1v) is 6.37. The molecule has 1 fully saturated rings. The lowest BCUT2D eigenvalue weighted by atomic mass is 10.3. The van der Waals surface area contributed by atoms with E-state index in [9.17, 15) is 10.1 Å². The molecule has 1 aromatic rings. The number of anilines is 1. The van der Waals surface area contributed by atoms with Gasteiger partial charge in [-0.15, -0.1) is 0 Å². The van der Waals surface area contributed by atoms with Crippen LogP contribution in [0.5, 0.6) is 0 Å². The van der Waals surface area contributed by atoms with Crippen LogP contribution in [0.1, 0.15) is 5.69 Å². The average Bonchev–Trinajstić information content (AvgIpc) is 2.39. The third-order valence-electron chi connectivity index (χ3n) is 2.53. The highest BCUT2D eigenvalue weighted by Gasteiger charge is 2.17. The molecule has 0 amide bonds. The van der Waals surface area contributed by atoms with Gasteiger partial charge in [0.25, 0.3) is 5.69 Å². The highest BCUT2D eigenvalue weighted by Crippen LogP contribution is 2.22. The molecule has 92 valence electrons. The summed E-state index contributed by atoms with van der Waals surface area (Å²) in [5.41, 5.74) is 0.747. The minimum absolute atomic E-state index is 0.0796. The summed E-state index contributed by atoms with van der Waals surface area (Å²) in [6, 6.07) is 3.00. The monoisotopic (exact) mass is 301 g/mol. The number of hydrogen-bond acceptors (Lipinski definition) is 5. The Morgan fingerprint density at radius 3 is 2.76 bits per heavy atom. The Bertz CT molecular complexity index is 421. The number of ether oxygens (including phenoxy) is 1. The topological polar surface area (TPSA) is 68.5 Å². The minimum atomic E-state index is -0.391. The summed E-state index contributed by atoms with van der Waals surface area (Å²) in [5, 5.41) is 11.3. The van der Waals surface area contributed by atoms with Crippen molar-refractivity contribution in [3.63, 3.8) is 0 Å². The third kappa shape index (κ3) is 2.92. The van der Waals surface area contributed by atoms with Gasteiger partial charge in [0.15, 0.2) is 0 Å². The molecule has 1 aliphatic rings. The number of halogens is 1. The molecule has 1 saturated heterocycles. The highest BCUT2D eigenvalue weighted by atomic mass is 79.9. The van der Waals surface area contributed by atoms with Gasteiger partial charge in [0.1, 0.15) is 5.82 Å². The summed E-state index contributed by atoms with van der Waals surface area (Å²) in [7, 11) is 0. The summed E-state index contributed by atoms with van der Waals surface area (Å²) in [4.78, 5) is 16.8. The molecule has 0 aromatic carbocycles.